The van der Waals surface area contributed by atoms with Crippen molar-refractivity contribution in [3.8, 4) is 6.07 Å². The molecule has 2 N–H and O–H groups in total. The molecule has 0 fully saturated rings. The van der Waals surface area contributed by atoms with Crippen LogP contribution in [0.15, 0.2) is 39.8 Å². The Kier molecular flexibility index (Phi) is 6.80. The summed E-state index contributed by atoms with van der Waals surface area (Å²) in [5.74, 6) is -2.03. The quantitative estimate of drug-likeness (QED) is 0.667. The normalized spacial score (nSPS) is 10.9. The summed E-state index contributed by atoms with van der Waals surface area (Å²) in [5.41, 5.74) is 1.23. The maximum Gasteiger partial charge on any atom is 0.374 e. The number of esters is 1. The first-order valence-corrected chi connectivity index (χ1v) is 9.79. The number of amides is 1. The molecule has 0 spiro atoms. The third kappa shape index (κ3) is 5.32. The van der Waals surface area contributed by atoms with Gasteiger partial charge in [-0.3, -0.25) is 4.79 Å². The Morgan fingerprint density at radius 3 is 2.61 bits per heavy atom. The highest BCUT2D eigenvalue weighted by atomic mass is 35.5. The number of hydrogen-bond donors (Lipinski definition) is 1. The van der Waals surface area contributed by atoms with E-state index in [0.29, 0.717) is 10.7 Å². The molecule has 11 heteroatoms. The topological polar surface area (TPSA) is 144 Å². The van der Waals surface area contributed by atoms with Crippen LogP contribution in [0.5, 0.6) is 0 Å². The van der Waals surface area contributed by atoms with Gasteiger partial charge in [0.05, 0.1) is 12.5 Å². The first kappa shape index (κ1) is 21.4. The second-order valence-corrected chi connectivity index (χ2v) is 7.53. The molecule has 0 unspecified atom stereocenters. The van der Waals surface area contributed by atoms with E-state index in [1.165, 1.54) is 4.90 Å². The molecule has 1 amide bonds. The number of anilines is 1. The summed E-state index contributed by atoms with van der Waals surface area (Å²) >= 11 is 5.99. The second-order valence-electron chi connectivity index (χ2n) is 5.63. The molecule has 148 valence electrons. The largest absolute Gasteiger partial charge is 0.450 e. The molecule has 0 atom stereocenters. The van der Waals surface area contributed by atoms with Crippen molar-refractivity contribution < 1.29 is 27.2 Å². The standard InChI is InChI=1S/C17H16ClN3O6S/c1-11-9-12(3-4-13(11)18)21(8-2-7-19)15(22)10-26-17(23)14-5-6-16(27-14)28(20,24)25/h3-6,9H,2,8,10H2,1H3,(H2,20,24,25). The molecule has 1 aromatic carbocycles. The van der Waals surface area contributed by atoms with E-state index >= 15 is 0 Å². The van der Waals surface area contributed by atoms with Gasteiger partial charge in [-0.25, -0.2) is 18.4 Å². The number of ether oxygens (including phenoxy) is 1. The fourth-order valence-electron chi connectivity index (χ4n) is 2.22. The summed E-state index contributed by atoms with van der Waals surface area (Å²) in [7, 11) is -4.11. The van der Waals surface area contributed by atoms with Crippen molar-refractivity contribution in [2.75, 3.05) is 18.1 Å². The number of benzene rings is 1. The zero-order chi connectivity index (χ0) is 20.9. The lowest BCUT2D eigenvalue weighted by atomic mass is 10.2. The molecule has 0 aliphatic heterocycles. The maximum absolute atomic E-state index is 12.5. The molecule has 0 bridgehead atoms. The number of aryl methyl sites for hydroxylation is 1. The third-order valence-corrected chi connectivity index (χ3v) is 4.80. The van der Waals surface area contributed by atoms with E-state index < -0.39 is 39.4 Å². The van der Waals surface area contributed by atoms with Crippen LogP contribution in [-0.4, -0.2) is 33.4 Å². The monoisotopic (exact) mass is 425 g/mol. The zero-order valence-electron chi connectivity index (χ0n) is 14.7. The summed E-state index contributed by atoms with van der Waals surface area (Å²) in [6.45, 7) is 1.21. The number of carbonyl (C=O) groups excluding carboxylic acids is 2. The average molecular weight is 426 g/mol. The van der Waals surface area contributed by atoms with E-state index in [-0.39, 0.29) is 13.0 Å². The summed E-state index contributed by atoms with van der Waals surface area (Å²) in [6.07, 6.45) is 0.0667. The third-order valence-electron chi connectivity index (χ3n) is 3.59. The number of nitriles is 1. The molecule has 2 aromatic rings. The van der Waals surface area contributed by atoms with Gasteiger partial charge < -0.3 is 14.1 Å². The van der Waals surface area contributed by atoms with Gasteiger partial charge in [-0.2, -0.15) is 5.26 Å². The second kappa shape index (κ2) is 8.88. The van der Waals surface area contributed by atoms with Crippen molar-refractivity contribution in [3.05, 3.63) is 46.7 Å². The lowest BCUT2D eigenvalue weighted by molar-refractivity contribution is -0.121. The maximum atomic E-state index is 12.5. The minimum absolute atomic E-state index is 0.0667. The molecule has 28 heavy (non-hydrogen) atoms. The van der Waals surface area contributed by atoms with E-state index in [1.54, 1.807) is 25.1 Å². The Bertz CT molecular complexity index is 1040. The molecule has 1 aromatic heterocycles. The van der Waals surface area contributed by atoms with Crippen molar-refractivity contribution in [1.29, 1.82) is 5.26 Å². The highest BCUT2D eigenvalue weighted by Gasteiger charge is 2.22. The van der Waals surface area contributed by atoms with Gasteiger partial charge in [-0.05, 0) is 42.8 Å². The summed E-state index contributed by atoms with van der Waals surface area (Å²) < 4.78 is 32.0. The van der Waals surface area contributed by atoms with Gasteiger partial charge in [0.1, 0.15) is 0 Å². The minimum atomic E-state index is -4.11. The van der Waals surface area contributed by atoms with Gasteiger partial charge in [0.2, 0.25) is 10.9 Å². The molecule has 0 aliphatic carbocycles. The zero-order valence-corrected chi connectivity index (χ0v) is 16.3. The van der Waals surface area contributed by atoms with Crippen LogP contribution in [0, 0.1) is 18.3 Å². The van der Waals surface area contributed by atoms with Crippen molar-refractivity contribution in [2.24, 2.45) is 5.14 Å². The van der Waals surface area contributed by atoms with Gasteiger partial charge in [-0.15, -0.1) is 0 Å². The molecule has 0 saturated carbocycles. The highest BCUT2D eigenvalue weighted by molar-refractivity contribution is 7.89. The van der Waals surface area contributed by atoms with Gasteiger partial charge in [0.25, 0.3) is 15.9 Å². The van der Waals surface area contributed by atoms with Gasteiger partial charge >= 0.3 is 5.97 Å². The van der Waals surface area contributed by atoms with Crippen LogP contribution in [0.3, 0.4) is 0 Å². The summed E-state index contributed by atoms with van der Waals surface area (Å²) in [4.78, 5) is 25.8. The minimum Gasteiger partial charge on any atom is -0.450 e. The first-order valence-electron chi connectivity index (χ1n) is 7.86. The molecule has 0 saturated heterocycles. The highest BCUT2D eigenvalue weighted by Crippen LogP contribution is 2.23. The molecule has 0 aliphatic rings. The van der Waals surface area contributed by atoms with Crippen molar-refractivity contribution in [1.82, 2.24) is 0 Å². The molecule has 9 nitrogen and oxygen atoms in total. The Balaban J connectivity index is 2.10. The van der Waals surface area contributed by atoms with Crippen LogP contribution in [0.4, 0.5) is 5.69 Å². The Labute approximate surface area is 166 Å². The lowest BCUT2D eigenvalue weighted by Crippen LogP contribution is -2.35. The van der Waals surface area contributed by atoms with Gasteiger partial charge in [-0.1, -0.05) is 11.6 Å². The van der Waals surface area contributed by atoms with Crippen LogP contribution in [-0.2, 0) is 19.6 Å². The van der Waals surface area contributed by atoms with Crippen LogP contribution in [0.25, 0.3) is 0 Å². The fraction of sp³-hybridized carbons (Fsp3) is 0.235. The van der Waals surface area contributed by atoms with Crippen LogP contribution < -0.4 is 10.0 Å². The SMILES string of the molecule is Cc1cc(N(CCC#N)C(=O)COC(=O)c2ccc(S(N)(=O)=O)o2)ccc1Cl. The van der Waals surface area contributed by atoms with E-state index in [2.05, 4.69) is 0 Å². The molecule has 0 radical (unpaired) electrons. The molecular weight excluding hydrogens is 410 g/mol. The van der Waals surface area contributed by atoms with E-state index in [1.807, 2.05) is 6.07 Å². The smallest absolute Gasteiger partial charge is 0.374 e. The predicted octanol–water partition coefficient (Wildman–Crippen LogP) is 1.99. The Hall–Kier alpha value is -2.87. The number of hydrogen-bond acceptors (Lipinski definition) is 7. The number of nitrogens with two attached hydrogens (primary N) is 1. The van der Waals surface area contributed by atoms with Crippen LogP contribution in [0.1, 0.15) is 22.5 Å². The fourth-order valence-corrected chi connectivity index (χ4v) is 2.80. The Morgan fingerprint density at radius 1 is 1.32 bits per heavy atom. The van der Waals surface area contributed by atoms with E-state index in [9.17, 15) is 18.0 Å². The number of nitrogens with zero attached hydrogens (tertiary/aromatic N) is 2. The number of furan rings is 1. The summed E-state index contributed by atoms with van der Waals surface area (Å²) in [6, 6.07) is 8.91. The van der Waals surface area contributed by atoms with Crippen molar-refractivity contribution in [2.45, 2.75) is 18.4 Å². The van der Waals surface area contributed by atoms with Gasteiger partial charge in [0, 0.05) is 17.3 Å². The van der Waals surface area contributed by atoms with Gasteiger partial charge in [0.15, 0.2) is 6.61 Å². The average Bonchev–Trinajstić information content (AvgIpc) is 3.13. The number of carbonyl (C=O) groups is 2. The van der Waals surface area contributed by atoms with E-state index in [4.69, 9.17) is 31.2 Å². The van der Waals surface area contributed by atoms with Crippen molar-refractivity contribution >= 4 is 39.2 Å². The van der Waals surface area contributed by atoms with E-state index in [0.717, 1.165) is 17.7 Å². The number of sulfonamides is 1. The molecule has 1 heterocycles. The Morgan fingerprint density at radius 2 is 2.04 bits per heavy atom. The number of halogens is 1. The lowest BCUT2D eigenvalue weighted by Gasteiger charge is -2.22. The summed E-state index contributed by atoms with van der Waals surface area (Å²) in [5, 5.41) is 13.6. The van der Waals surface area contributed by atoms with Crippen LogP contribution >= 0.6 is 11.6 Å². The first-order chi connectivity index (χ1) is 13.1. The number of primary sulfonamides is 1. The molecular formula is C17H16ClN3O6S. The number of rotatable bonds is 7. The molecule has 2 rings (SSSR count). The predicted molar refractivity (Wildman–Crippen MR) is 99.1 cm³/mol. The van der Waals surface area contributed by atoms with Crippen molar-refractivity contribution in [3.63, 3.8) is 0 Å². The van der Waals surface area contributed by atoms with Crippen LogP contribution in [0.2, 0.25) is 5.02 Å².